The Kier molecular flexibility index (Phi) is 8.67. The molecule has 0 aromatic heterocycles. The van der Waals surface area contributed by atoms with Gasteiger partial charge in [-0.25, -0.2) is 0 Å². The Bertz CT molecular complexity index is 580. The maximum absolute atomic E-state index is 12.1. The number of nitrogens with one attached hydrogen (secondary N) is 2. The lowest BCUT2D eigenvalue weighted by molar-refractivity contribution is -0.137. The number of rotatable bonds is 11. The van der Waals surface area contributed by atoms with Gasteiger partial charge in [0.2, 0.25) is 11.8 Å². The van der Waals surface area contributed by atoms with Crippen molar-refractivity contribution in [2.75, 3.05) is 13.1 Å². The first kappa shape index (κ1) is 21.5. The average molecular weight is 365 g/mol. The maximum atomic E-state index is 12.1. The molecule has 8 heteroatoms. The molecule has 0 spiro atoms. The van der Waals surface area contributed by atoms with Crippen LogP contribution in [0.5, 0.6) is 0 Å². The zero-order valence-electron chi connectivity index (χ0n) is 15.5. The molecule has 0 bridgehead atoms. The van der Waals surface area contributed by atoms with E-state index in [-0.39, 0.29) is 48.3 Å². The summed E-state index contributed by atoms with van der Waals surface area (Å²) < 4.78 is 0. The van der Waals surface area contributed by atoms with Gasteiger partial charge in [-0.3, -0.25) is 28.9 Å². The number of hydrogen-bond donors (Lipinski definition) is 2. The lowest BCUT2D eigenvalue weighted by atomic mass is 10.0. The molecule has 0 aliphatic carbocycles. The number of imide groups is 1. The molecule has 0 aromatic rings. The Labute approximate surface area is 153 Å². The van der Waals surface area contributed by atoms with Crippen LogP contribution in [-0.4, -0.2) is 53.4 Å². The van der Waals surface area contributed by atoms with E-state index in [0.29, 0.717) is 25.8 Å². The van der Waals surface area contributed by atoms with Crippen molar-refractivity contribution in [3.05, 3.63) is 12.2 Å². The Morgan fingerprint density at radius 1 is 1.04 bits per heavy atom. The molecule has 1 unspecified atom stereocenters. The van der Waals surface area contributed by atoms with Crippen LogP contribution in [0.25, 0.3) is 0 Å². The highest BCUT2D eigenvalue weighted by Gasteiger charge is 2.24. The molecular weight excluding hydrogens is 338 g/mol. The van der Waals surface area contributed by atoms with E-state index < -0.39 is 6.04 Å². The number of carbonyl (C=O) groups excluding carboxylic acids is 5. The van der Waals surface area contributed by atoms with Crippen molar-refractivity contribution in [2.45, 2.75) is 52.5 Å². The summed E-state index contributed by atoms with van der Waals surface area (Å²) in [5, 5.41) is 5.20. The van der Waals surface area contributed by atoms with Gasteiger partial charge in [0.05, 0.1) is 6.54 Å². The van der Waals surface area contributed by atoms with Crippen molar-refractivity contribution in [3.63, 3.8) is 0 Å². The summed E-state index contributed by atoms with van der Waals surface area (Å²) in [6.45, 7) is 5.30. The largest absolute Gasteiger partial charge is 0.347 e. The minimum absolute atomic E-state index is 0.0548. The second kappa shape index (κ2) is 10.5. The van der Waals surface area contributed by atoms with E-state index in [2.05, 4.69) is 10.6 Å². The zero-order chi connectivity index (χ0) is 19.7. The van der Waals surface area contributed by atoms with Crippen LogP contribution in [0, 0.1) is 5.92 Å². The summed E-state index contributed by atoms with van der Waals surface area (Å²) >= 11 is 0. The van der Waals surface area contributed by atoms with E-state index in [1.54, 1.807) is 0 Å². The fourth-order valence-electron chi connectivity index (χ4n) is 2.49. The molecule has 8 nitrogen and oxygen atoms in total. The SMILES string of the molecule is CC(=O)CNC(=O)C(NC(=O)CCCCCN1C(=O)C=CC1=O)C(C)C. The van der Waals surface area contributed by atoms with E-state index in [4.69, 9.17) is 0 Å². The summed E-state index contributed by atoms with van der Waals surface area (Å²) in [6, 6.07) is -0.687. The molecular formula is C18H27N3O5. The molecule has 4 amide bonds. The summed E-state index contributed by atoms with van der Waals surface area (Å²) in [5.41, 5.74) is 0. The van der Waals surface area contributed by atoms with Crippen molar-refractivity contribution < 1.29 is 24.0 Å². The van der Waals surface area contributed by atoms with Crippen molar-refractivity contribution in [2.24, 2.45) is 5.92 Å². The van der Waals surface area contributed by atoms with Crippen LogP contribution in [-0.2, 0) is 24.0 Å². The van der Waals surface area contributed by atoms with Crippen LogP contribution in [0.1, 0.15) is 46.5 Å². The number of hydrogen-bond acceptors (Lipinski definition) is 5. The molecule has 1 rings (SSSR count). The molecule has 0 radical (unpaired) electrons. The summed E-state index contributed by atoms with van der Waals surface area (Å²) in [5.74, 6) is -1.48. The van der Waals surface area contributed by atoms with Crippen molar-refractivity contribution >= 4 is 29.4 Å². The van der Waals surface area contributed by atoms with Crippen LogP contribution < -0.4 is 10.6 Å². The quantitative estimate of drug-likeness (QED) is 0.404. The van der Waals surface area contributed by atoms with Gasteiger partial charge in [-0.05, 0) is 25.7 Å². The first-order valence-electron chi connectivity index (χ1n) is 8.82. The normalized spacial score (nSPS) is 14.7. The van der Waals surface area contributed by atoms with Gasteiger partial charge in [0.1, 0.15) is 11.8 Å². The van der Waals surface area contributed by atoms with Gasteiger partial charge < -0.3 is 10.6 Å². The van der Waals surface area contributed by atoms with E-state index >= 15 is 0 Å². The fraction of sp³-hybridized carbons (Fsp3) is 0.611. The lowest BCUT2D eigenvalue weighted by Gasteiger charge is -2.21. The molecule has 144 valence electrons. The Morgan fingerprint density at radius 3 is 2.19 bits per heavy atom. The topological polar surface area (TPSA) is 113 Å². The summed E-state index contributed by atoms with van der Waals surface area (Å²) in [7, 11) is 0. The summed E-state index contributed by atoms with van der Waals surface area (Å²) in [6.07, 6.45) is 4.66. The van der Waals surface area contributed by atoms with Crippen LogP contribution in [0.15, 0.2) is 12.2 Å². The minimum Gasteiger partial charge on any atom is -0.347 e. The Balaban J connectivity index is 2.28. The number of ketones is 1. The van der Waals surface area contributed by atoms with Crippen LogP contribution >= 0.6 is 0 Å². The second-order valence-electron chi connectivity index (χ2n) is 6.68. The van der Waals surface area contributed by atoms with E-state index in [1.807, 2.05) is 13.8 Å². The van der Waals surface area contributed by atoms with Crippen LogP contribution in [0.2, 0.25) is 0 Å². The molecule has 0 fully saturated rings. The zero-order valence-corrected chi connectivity index (χ0v) is 15.5. The predicted molar refractivity (Wildman–Crippen MR) is 94.8 cm³/mol. The molecule has 26 heavy (non-hydrogen) atoms. The summed E-state index contributed by atoms with van der Waals surface area (Å²) in [4.78, 5) is 59.0. The van der Waals surface area contributed by atoms with Gasteiger partial charge in [0.25, 0.3) is 11.8 Å². The molecule has 0 aromatic carbocycles. The third kappa shape index (κ3) is 7.16. The lowest BCUT2D eigenvalue weighted by Crippen LogP contribution is -2.50. The van der Waals surface area contributed by atoms with Crippen molar-refractivity contribution in [3.8, 4) is 0 Å². The minimum atomic E-state index is -0.687. The number of unbranched alkanes of at least 4 members (excludes halogenated alkanes) is 2. The van der Waals surface area contributed by atoms with E-state index in [0.717, 1.165) is 0 Å². The highest BCUT2D eigenvalue weighted by Crippen LogP contribution is 2.08. The van der Waals surface area contributed by atoms with Crippen molar-refractivity contribution in [1.29, 1.82) is 0 Å². The number of nitrogens with zero attached hydrogens (tertiary/aromatic N) is 1. The fourth-order valence-corrected chi connectivity index (χ4v) is 2.49. The number of amides is 4. The molecule has 1 aliphatic rings. The van der Waals surface area contributed by atoms with Gasteiger partial charge in [0.15, 0.2) is 0 Å². The Morgan fingerprint density at radius 2 is 1.65 bits per heavy atom. The molecule has 1 atom stereocenters. The Hall–Kier alpha value is -2.51. The molecule has 1 aliphatic heterocycles. The van der Waals surface area contributed by atoms with Gasteiger partial charge >= 0.3 is 0 Å². The average Bonchev–Trinajstić information content (AvgIpc) is 2.88. The van der Waals surface area contributed by atoms with Gasteiger partial charge in [-0.15, -0.1) is 0 Å². The monoisotopic (exact) mass is 365 g/mol. The first-order valence-corrected chi connectivity index (χ1v) is 8.82. The molecule has 1 heterocycles. The van der Waals surface area contributed by atoms with Gasteiger partial charge in [0, 0.05) is 25.1 Å². The van der Waals surface area contributed by atoms with Crippen molar-refractivity contribution in [1.82, 2.24) is 15.5 Å². The number of carbonyl (C=O) groups is 5. The third-order valence-electron chi connectivity index (χ3n) is 3.96. The predicted octanol–water partition coefficient (Wildman–Crippen LogP) is 0.318. The molecule has 2 N–H and O–H groups in total. The smallest absolute Gasteiger partial charge is 0.253 e. The van der Waals surface area contributed by atoms with E-state index in [1.165, 1.54) is 24.0 Å². The first-order chi connectivity index (χ1) is 12.2. The highest BCUT2D eigenvalue weighted by molar-refractivity contribution is 6.12. The molecule has 0 saturated carbocycles. The third-order valence-corrected chi connectivity index (χ3v) is 3.96. The standard InChI is InChI=1S/C18H27N3O5/c1-12(2)17(18(26)19-11-13(3)22)20-14(23)7-5-4-6-10-21-15(24)8-9-16(21)25/h8-9,12,17H,4-7,10-11H2,1-3H3,(H,19,26)(H,20,23). The van der Waals surface area contributed by atoms with Gasteiger partial charge in [-0.2, -0.15) is 0 Å². The second-order valence-corrected chi connectivity index (χ2v) is 6.68. The number of Topliss-reactive ketones (excluding diaryl/α,β-unsaturated/α-hetero) is 1. The molecule has 0 saturated heterocycles. The van der Waals surface area contributed by atoms with E-state index in [9.17, 15) is 24.0 Å². The maximum Gasteiger partial charge on any atom is 0.253 e. The van der Waals surface area contributed by atoms with Crippen LogP contribution in [0.4, 0.5) is 0 Å². The van der Waals surface area contributed by atoms with Crippen LogP contribution in [0.3, 0.4) is 0 Å². The van der Waals surface area contributed by atoms with Gasteiger partial charge in [-0.1, -0.05) is 20.3 Å². The highest BCUT2D eigenvalue weighted by atomic mass is 16.2.